The van der Waals surface area contributed by atoms with Gasteiger partial charge in [0.2, 0.25) is 0 Å². The molecule has 0 aliphatic heterocycles. The Hall–Kier alpha value is -3.46. The van der Waals surface area contributed by atoms with Gasteiger partial charge in [-0.1, -0.05) is 13.8 Å². The van der Waals surface area contributed by atoms with Gasteiger partial charge in [-0.2, -0.15) is 0 Å². The molecule has 0 atom stereocenters. The number of carboxylic acid groups (broad SMARTS) is 1. The average molecular weight is 398 g/mol. The number of hydrogen-bond acceptors (Lipinski definition) is 8. The zero-order valence-corrected chi connectivity index (χ0v) is 16.0. The minimum absolute atomic E-state index is 0.0178. The number of nitrogens with zero attached hydrogens (tertiary/aromatic N) is 3. The van der Waals surface area contributed by atoms with Gasteiger partial charge in [0.1, 0.15) is 33.8 Å². The number of phenolic OH excluding ortho intramolecular Hbond substituents is 3. The zero-order chi connectivity index (χ0) is 21.1. The number of carbonyl (C=O) groups is 1. The molecule has 152 valence electrons. The van der Waals surface area contributed by atoms with E-state index in [4.69, 9.17) is 0 Å². The molecule has 3 aromatic rings. The van der Waals surface area contributed by atoms with Crippen molar-refractivity contribution in [2.24, 2.45) is 10.9 Å². The van der Waals surface area contributed by atoms with Crippen molar-refractivity contribution in [3.63, 3.8) is 0 Å². The third kappa shape index (κ3) is 4.35. The van der Waals surface area contributed by atoms with Crippen molar-refractivity contribution in [3.8, 4) is 17.2 Å². The molecule has 9 heteroatoms. The van der Waals surface area contributed by atoms with Gasteiger partial charge < -0.3 is 25.7 Å². The Morgan fingerprint density at radius 3 is 2.52 bits per heavy atom. The summed E-state index contributed by atoms with van der Waals surface area (Å²) in [4.78, 5) is 24.5. The lowest BCUT2D eigenvalue weighted by Gasteiger charge is -2.10. The molecule has 0 unspecified atom stereocenters. The lowest BCUT2D eigenvalue weighted by atomic mass is 10.0. The number of aromatic hydroxyl groups is 3. The highest BCUT2D eigenvalue weighted by molar-refractivity contribution is 6.11. The monoisotopic (exact) mass is 398 g/mol. The summed E-state index contributed by atoms with van der Waals surface area (Å²) in [5.74, 6) is -1.60. The molecule has 3 rings (SSSR count). The predicted molar refractivity (Wildman–Crippen MR) is 109 cm³/mol. The van der Waals surface area contributed by atoms with Crippen LogP contribution in [-0.4, -0.2) is 62.2 Å². The standard InChI is InChI=1S/C20H22N4O5/c1-10(2)8-21-3-4-22-9-11-5-14(26)18-19(16(11)20(28)29)24-17-13(23-18)6-12(25)7-15(17)27/h5-7,9-10,21,25-27H,3-4,8H2,1-2H3,(H,28,29)/b22-9+. The van der Waals surface area contributed by atoms with E-state index in [1.54, 1.807) is 0 Å². The van der Waals surface area contributed by atoms with Gasteiger partial charge in [0.05, 0.1) is 17.6 Å². The molecule has 1 aromatic heterocycles. The highest BCUT2D eigenvalue weighted by Crippen LogP contribution is 2.33. The SMILES string of the molecule is CC(C)CNCC/N=C/c1cc(O)c2nc3cc(O)cc(O)c3nc2c1C(=O)O. The van der Waals surface area contributed by atoms with Crippen molar-refractivity contribution >= 4 is 34.3 Å². The molecule has 29 heavy (non-hydrogen) atoms. The summed E-state index contributed by atoms with van der Waals surface area (Å²) in [6.45, 7) is 6.12. The van der Waals surface area contributed by atoms with Crippen molar-refractivity contribution in [1.82, 2.24) is 15.3 Å². The average Bonchev–Trinajstić information content (AvgIpc) is 2.63. The third-order valence-electron chi connectivity index (χ3n) is 4.21. The molecule has 0 aliphatic rings. The second-order valence-corrected chi connectivity index (χ2v) is 7.05. The van der Waals surface area contributed by atoms with Crippen LogP contribution in [0.4, 0.5) is 0 Å². The molecular formula is C20H22N4O5. The molecule has 0 spiro atoms. The number of fused-ring (bicyclic) bond motifs is 2. The van der Waals surface area contributed by atoms with Gasteiger partial charge in [0.15, 0.2) is 0 Å². The largest absolute Gasteiger partial charge is 0.508 e. The molecule has 0 amide bonds. The number of rotatable bonds is 7. The number of nitrogens with one attached hydrogen (secondary N) is 1. The number of aromatic carboxylic acids is 1. The number of aliphatic imine (C=N–C) groups is 1. The van der Waals surface area contributed by atoms with Crippen LogP contribution in [0.25, 0.3) is 22.1 Å². The second-order valence-electron chi connectivity index (χ2n) is 7.05. The van der Waals surface area contributed by atoms with Crippen molar-refractivity contribution in [2.45, 2.75) is 13.8 Å². The first-order chi connectivity index (χ1) is 13.8. The maximum Gasteiger partial charge on any atom is 0.338 e. The van der Waals surface area contributed by atoms with E-state index in [-0.39, 0.29) is 50.4 Å². The topological polar surface area (TPSA) is 148 Å². The summed E-state index contributed by atoms with van der Waals surface area (Å²) in [5, 5.41) is 43.0. The number of phenols is 3. The summed E-state index contributed by atoms with van der Waals surface area (Å²) in [7, 11) is 0. The van der Waals surface area contributed by atoms with Crippen LogP contribution >= 0.6 is 0 Å². The first-order valence-corrected chi connectivity index (χ1v) is 9.11. The highest BCUT2D eigenvalue weighted by Gasteiger charge is 2.21. The van der Waals surface area contributed by atoms with Crippen LogP contribution in [0.3, 0.4) is 0 Å². The highest BCUT2D eigenvalue weighted by atomic mass is 16.4. The lowest BCUT2D eigenvalue weighted by Crippen LogP contribution is -2.22. The maximum absolute atomic E-state index is 11.9. The Morgan fingerprint density at radius 2 is 1.83 bits per heavy atom. The van der Waals surface area contributed by atoms with E-state index in [9.17, 15) is 25.2 Å². The Morgan fingerprint density at radius 1 is 1.10 bits per heavy atom. The van der Waals surface area contributed by atoms with Crippen LogP contribution in [-0.2, 0) is 0 Å². The molecule has 0 saturated heterocycles. The fourth-order valence-electron chi connectivity index (χ4n) is 2.93. The molecular weight excluding hydrogens is 376 g/mol. The van der Waals surface area contributed by atoms with Crippen LogP contribution in [0, 0.1) is 5.92 Å². The lowest BCUT2D eigenvalue weighted by molar-refractivity contribution is 0.0698. The molecule has 0 fully saturated rings. The molecule has 0 radical (unpaired) electrons. The van der Waals surface area contributed by atoms with Crippen LogP contribution in [0.15, 0.2) is 23.2 Å². The number of carboxylic acids is 1. The van der Waals surface area contributed by atoms with Gasteiger partial charge in [-0.05, 0) is 18.5 Å². The summed E-state index contributed by atoms with van der Waals surface area (Å²) < 4.78 is 0. The van der Waals surface area contributed by atoms with E-state index in [1.807, 2.05) is 0 Å². The van der Waals surface area contributed by atoms with Crippen molar-refractivity contribution in [3.05, 3.63) is 29.3 Å². The molecule has 1 heterocycles. The summed E-state index contributed by atoms with van der Waals surface area (Å²) in [6.07, 6.45) is 1.38. The number of hydrogen-bond donors (Lipinski definition) is 5. The van der Waals surface area contributed by atoms with Crippen molar-refractivity contribution in [1.29, 1.82) is 0 Å². The van der Waals surface area contributed by atoms with Gasteiger partial charge in [-0.25, -0.2) is 14.8 Å². The molecule has 0 bridgehead atoms. The maximum atomic E-state index is 11.9. The molecule has 5 N–H and O–H groups in total. The normalized spacial score (nSPS) is 11.8. The number of benzene rings is 2. The van der Waals surface area contributed by atoms with Crippen molar-refractivity contribution < 1.29 is 25.2 Å². The first-order valence-electron chi connectivity index (χ1n) is 9.11. The molecule has 0 saturated carbocycles. The van der Waals surface area contributed by atoms with E-state index in [0.29, 0.717) is 19.0 Å². The van der Waals surface area contributed by atoms with Crippen LogP contribution < -0.4 is 5.32 Å². The fraction of sp³-hybridized carbons (Fsp3) is 0.300. The zero-order valence-electron chi connectivity index (χ0n) is 16.0. The minimum atomic E-state index is -1.26. The van der Waals surface area contributed by atoms with E-state index in [2.05, 4.69) is 34.1 Å². The Labute approximate surface area is 166 Å². The number of aromatic nitrogens is 2. The molecule has 0 aliphatic carbocycles. The van der Waals surface area contributed by atoms with Gasteiger partial charge in [-0.3, -0.25) is 4.99 Å². The quantitative estimate of drug-likeness (QED) is 0.231. The smallest absolute Gasteiger partial charge is 0.338 e. The van der Waals surface area contributed by atoms with E-state index in [0.717, 1.165) is 12.6 Å². The van der Waals surface area contributed by atoms with Gasteiger partial charge in [0.25, 0.3) is 0 Å². The van der Waals surface area contributed by atoms with E-state index in [1.165, 1.54) is 18.3 Å². The summed E-state index contributed by atoms with van der Waals surface area (Å²) >= 11 is 0. The minimum Gasteiger partial charge on any atom is -0.508 e. The second kappa shape index (κ2) is 8.27. The van der Waals surface area contributed by atoms with Gasteiger partial charge in [-0.15, -0.1) is 0 Å². The predicted octanol–water partition coefficient (Wildman–Crippen LogP) is 2.26. The Kier molecular flexibility index (Phi) is 5.79. The van der Waals surface area contributed by atoms with Crippen LogP contribution in [0.5, 0.6) is 17.2 Å². The van der Waals surface area contributed by atoms with E-state index >= 15 is 0 Å². The van der Waals surface area contributed by atoms with Gasteiger partial charge >= 0.3 is 5.97 Å². The third-order valence-corrected chi connectivity index (χ3v) is 4.21. The molecule has 9 nitrogen and oxygen atoms in total. The Balaban J connectivity index is 2.06. The van der Waals surface area contributed by atoms with Crippen molar-refractivity contribution in [2.75, 3.05) is 19.6 Å². The van der Waals surface area contributed by atoms with E-state index < -0.39 is 5.97 Å². The summed E-state index contributed by atoms with van der Waals surface area (Å²) in [6, 6.07) is 3.61. The molecule has 2 aromatic carbocycles. The first kappa shape index (κ1) is 20.3. The van der Waals surface area contributed by atoms with Crippen LogP contribution in [0.2, 0.25) is 0 Å². The fourth-order valence-corrected chi connectivity index (χ4v) is 2.93. The summed E-state index contributed by atoms with van der Waals surface area (Å²) in [5.41, 5.74) is 0.0151. The van der Waals surface area contributed by atoms with Gasteiger partial charge in [0, 0.05) is 30.5 Å². The van der Waals surface area contributed by atoms with Crippen LogP contribution in [0.1, 0.15) is 29.8 Å². The Bertz CT molecular complexity index is 1110.